The largest absolute Gasteiger partial charge is 0.368 e. The Balaban J connectivity index is 2.66. The van der Waals surface area contributed by atoms with Crippen molar-refractivity contribution in [2.75, 3.05) is 5.73 Å². The number of hydrogen-bond acceptors (Lipinski definition) is 4. The lowest BCUT2D eigenvalue weighted by molar-refractivity contribution is 1.24. The van der Waals surface area contributed by atoms with Crippen LogP contribution in [0.3, 0.4) is 0 Å². The van der Waals surface area contributed by atoms with Gasteiger partial charge in [-0.15, -0.1) is 0 Å². The molecular formula is C8H6N4S. The van der Waals surface area contributed by atoms with Crippen LogP contribution in [0.2, 0.25) is 0 Å². The summed E-state index contributed by atoms with van der Waals surface area (Å²) < 4.78 is 5.89. The highest BCUT2D eigenvalue weighted by atomic mass is 32.1. The van der Waals surface area contributed by atoms with Crippen LogP contribution in [0.1, 0.15) is 0 Å². The molecule has 0 radical (unpaired) electrons. The molecule has 0 atom stereocenters. The SMILES string of the molecule is Nc1nsc2nc3ccccc3n12. The molecule has 3 rings (SSSR count). The van der Waals surface area contributed by atoms with Crippen LogP contribution in [-0.2, 0) is 0 Å². The monoisotopic (exact) mass is 190 g/mol. The normalized spacial score (nSPS) is 11.4. The van der Waals surface area contributed by atoms with Gasteiger partial charge in [0.2, 0.25) is 10.9 Å². The van der Waals surface area contributed by atoms with Gasteiger partial charge < -0.3 is 5.73 Å². The summed E-state index contributed by atoms with van der Waals surface area (Å²) >= 11 is 1.32. The number of imidazole rings is 1. The molecule has 13 heavy (non-hydrogen) atoms. The maximum absolute atomic E-state index is 5.71. The highest BCUT2D eigenvalue weighted by Gasteiger charge is 2.08. The standard InChI is InChI=1S/C8H6N4S/c9-7-11-13-8-10-5-3-1-2-4-6(5)12(7)8/h1-4H,(H2,9,11). The molecule has 3 aromatic rings. The number of nitrogens with two attached hydrogens (primary N) is 1. The number of nitrogens with zero attached hydrogens (tertiary/aromatic N) is 3. The molecular weight excluding hydrogens is 184 g/mol. The fourth-order valence-electron chi connectivity index (χ4n) is 1.41. The van der Waals surface area contributed by atoms with E-state index in [1.165, 1.54) is 11.5 Å². The van der Waals surface area contributed by atoms with E-state index in [1.807, 2.05) is 28.7 Å². The number of anilines is 1. The number of benzene rings is 1. The number of rotatable bonds is 0. The third kappa shape index (κ3) is 0.790. The molecule has 0 aliphatic carbocycles. The van der Waals surface area contributed by atoms with Crippen molar-refractivity contribution in [3.05, 3.63) is 24.3 Å². The van der Waals surface area contributed by atoms with Gasteiger partial charge in [0.1, 0.15) is 0 Å². The van der Waals surface area contributed by atoms with Crippen molar-refractivity contribution in [3.8, 4) is 0 Å². The first kappa shape index (κ1) is 6.85. The minimum atomic E-state index is 0.508. The number of para-hydroxylation sites is 2. The second-order valence-corrected chi connectivity index (χ2v) is 3.49. The highest BCUT2D eigenvalue weighted by Crippen LogP contribution is 2.21. The van der Waals surface area contributed by atoms with Crippen LogP contribution in [0.5, 0.6) is 0 Å². The fourth-order valence-corrected chi connectivity index (χ4v) is 2.08. The Kier molecular flexibility index (Phi) is 1.16. The summed E-state index contributed by atoms with van der Waals surface area (Å²) in [5, 5.41) is 0. The van der Waals surface area contributed by atoms with Crippen LogP contribution in [-0.4, -0.2) is 13.8 Å². The van der Waals surface area contributed by atoms with Crippen LogP contribution in [0.4, 0.5) is 5.95 Å². The molecule has 0 bridgehead atoms. The van der Waals surface area contributed by atoms with Crippen molar-refractivity contribution < 1.29 is 0 Å². The zero-order valence-corrected chi connectivity index (χ0v) is 7.45. The Labute approximate surface area is 77.8 Å². The third-order valence-electron chi connectivity index (χ3n) is 1.98. The van der Waals surface area contributed by atoms with Gasteiger partial charge in [-0.3, -0.25) is 4.40 Å². The van der Waals surface area contributed by atoms with Crippen molar-refractivity contribution in [2.24, 2.45) is 0 Å². The number of hydrogen-bond donors (Lipinski definition) is 1. The maximum Gasteiger partial charge on any atom is 0.218 e. The van der Waals surface area contributed by atoms with Crippen molar-refractivity contribution >= 4 is 33.5 Å². The molecule has 2 aromatic heterocycles. The fraction of sp³-hybridized carbons (Fsp3) is 0. The Bertz CT molecular complexity index is 580. The summed E-state index contributed by atoms with van der Waals surface area (Å²) in [6, 6.07) is 7.88. The molecule has 0 aliphatic heterocycles. The summed E-state index contributed by atoms with van der Waals surface area (Å²) in [6.45, 7) is 0. The van der Waals surface area contributed by atoms with E-state index in [4.69, 9.17) is 5.73 Å². The first-order valence-corrected chi connectivity index (χ1v) is 4.62. The second-order valence-electron chi connectivity index (χ2n) is 2.76. The lowest BCUT2D eigenvalue weighted by Crippen LogP contribution is -1.91. The molecule has 0 amide bonds. The molecule has 0 spiro atoms. The molecule has 0 aliphatic rings. The Morgan fingerprint density at radius 2 is 2.15 bits per heavy atom. The molecule has 0 fully saturated rings. The van der Waals surface area contributed by atoms with Crippen molar-refractivity contribution in [1.82, 2.24) is 13.8 Å². The Morgan fingerprint density at radius 3 is 3.08 bits per heavy atom. The van der Waals surface area contributed by atoms with E-state index in [0.717, 1.165) is 16.0 Å². The van der Waals surface area contributed by atoms with Gasteiger partial charge in [-0.25, -0.2) is 4.98 Å². The number of fused-ring (bicyclic) bond motifs is 3. The second kappa shape index (κ2) is 2.20. The van der Waals surface area contributed by atoms with E-state index in [1.54, 1.807) is 0 Å². The topological polar surface area (TPSA) is 56.2 Å². The third-order valence-corrected chi connectivity index (χ3v) is 2.70. The molecule has 2 heterocycles. The van der Waals surface area contributed by atoms with Gasteiger partial charge in [-0.1, -0.05) is 12.1 Å². The molecule has 0 saturated heterocycles. The summed E-state index contributed by atoms with van der Waals surface area (Å²) in [6.07, 6.45) is 0. The van der Waals surface area contributed by atoms with E-state index in [9.17, 15) is 0 Å². The van der Waals surface area contributed by atoms with Gasteiger partial charge >= 0.3 is 0 Å². The number of aromatic nitrogens is 3. The first-order valence-electron chi connectivity index (χ1n) is 3.84. The zero-order valence-electron chi connectivity index (χ0n) is 6.64. The van der Waals surface area contributed by atoms with Crippen molar-refractivity contribution in [1.29, 1.82) is 0 Å². The van der Waals surface area contributed by atoms with Crippen LogP contribution < -0.4 is 5.73 Å². The van der Waals surface area contributed by atoms with Crippen molar-refractivity contribution in [3.63, 3.8) is 0 Å². The zero-order chi connectivity index (χ0) is 8.84. The summed E-state index contributed by atoms with van der Waals surface area (Å²) in [5.41, 5.74) is 7.69. The van der Waals surface area contributed by atoms with E-state index in [2.05, 4.69) is 9.36 Å². The molecule has 0 unspecified atom stereocenters. The molecule has 64 valence electrons. The van der Waals surface area contributed by atoms with Gasteiger partial charge in [0.25, 0.3) is 0 Å². The minimum absolute atomic E-state index is 0.508. The molecule has 5 heteroatoms. The predicted molar refractivity (Wildman–Crippen MR) is 52.8 cm³/mol. The van der Waals surface area contributed by atoms with Crippen LogP contribution in [0.15, 0.2) is 24.3 Å². The predicted octanol–water partition coefficient (Wildman–Crippen LogP) is 1.53. The summed E-state index contributed by atoms with van der Waals surface area (Å²) in [5.74, 6) is 0.508. The van der Waals surface area contributed by atoms with Crippen molar-refractivity contribution in [2.45, 2.75) is 0 Å². The minimum Gasteiger partial charge on any atom is -0.368 e. The Hall–Kier alpha value is -1.62. The Morgan fingerprint density at radius 1 is 1.31 bits per heavy atom. The lowest BCUT2D eigenvalue weighted by atomic mass is 10.3. The van der Waals surface area contributed by atoms with Gasteiger partial charge in [0, 0.05) is 11.5 Å². The van der Waals surface area contributed by atoms with Crippen LogP contribution >= 0.6 is 11.5 Å². The van der Waals surface area contributed by atoms with E-state index < -0.39 is 0 Å². The molecule has 4 nitrogen and oxygen atoms in total. The molecule has 0 saturated carbocycles. The van der Waals surface area contributed by atoms with E-state index >= 15 is 0 Å². The van der Waals surface area contributed by atoms with Crippen LogP contribution in [0.25, 0.3) is 16.0 Å². The summed E-state index contributed by atoms with van der Waals surface area (Å²) in [7, 11) is 0. The average molecular weight is 190 g/mol. The van der Waals surface area contributed by atoms with Crippen LogP contribution in [0, 0.1) is 0 Å². The number of nitrogen functional groups attached to an aromatic ring is 1. The smallest absolute Gasteiger partial charge is 0.218 e. The molecule has 1 aromatic carbocycles. The highest BCUT2D eigenvalue weighted by molar-refractivity contribution is 7.11. The van der Waals surface area contributed by atoms with E-state index in [-0.39, 0.29) is 0 Å². The maximum atomic E-state index is 5.71. The quantitative estimate of drug-likeness (QED) is 0.584. The first-order chi connectivity index (χ1) is 6.36. The van der Waals surface area contributed by atoms with Gasteiger partial charge in [-0.2, -0.15) is 4.37 Å². The van der Waals surface area contributed by atoms with E-state index in [0.29, 0.717) is 5.95 Å². The van der Waals surface area contributed by atoms with Gasteiger partial charge in [0.15, 0.2) is 0 Å². The summed E-state index contributed by atoms with van der Waals surface area (Å²) in [4.78, 5) is 5.22. The molecule has 2 N–H and O–H groups in total. The van der Waals surface area contributed by atoms with Gasteiger partial charge in [0.05, 0.1) is 11.0 Å². The van der Waals surface area contributed by atoms with Gasteiger partial charge in [-0.05, 0) is 12.1 Å². The lowest BCUT2D eigenvalue weighted by Gasteiger charge is -1.89. The average Bonchev–Trinajstić information content (AvgIpc) is 2.66.